The van der Waals surface area contributed by atoms with Crippen LogP contribution in [0.15, 0.2) is 47.0 Å². The first kappa shape index (κ1) is 15.2. The Kier molecular flexibility index (Phi) is 4.08. The molecular weight excluding hydrogens is 304 g/mol. The van der Waals surface area contributed by atoms with Gasteiger partial charge in [-0.1, -0.05) is 11.2 Å². The van der Waals surface area contributed by atoms with Gasteiger partial charge in [0, 0.05) is 5.56 Å². The van der Waals surface area contributed by atoms with Crippen LogP contribution in [0.4, 0.5) is 8.78 Å². The molecule has 3 aromatic rings. The van der Waals surface area contributed by atoms with E-state index in [1.54, 1.807) is 31.4 Å². The van der Waals surface area contributed by atoms with Crippen LogP contribution in [-0.2, 0) is 6.61 Å². The van der Waals surface area contributed by atoms with Crippen LogP contribution >= 0.6 is 0 Å². The van der Waals surface area contributed by atoms with Gasteiger partial charge in [0.25, 0.3) is 0 Å². The van der Waals surface area contributed by atoms with Gasteiger partial charge in [0.1, 0.15) is 11.4 Å². The second-order valence-electron chi connectivity index (χ2n) is 4.83. The molecule has 0 aliphatic rings. The number of halogens is 2. The van der Waals surface area contributed by atoms with Crippen molar-refractivity contribution in [3.05, 3.63) is 59.7 Å². The minimum atomic E-state index is -1.04. The molecule has 23 heavy (non-hydrogen) atoms. The zero-order valence-electron chi connectivity index (χ0n) is 12.2. The molecule has 0 saturated heterocycles. The first-order valence-corrected chi connectivity index (χ1v) is 6.84. The van der Waals surface area contributed by atoms with E-state index in [0.29, 0.717) is 22.6 Å². The maximum Gasteiger partial charge on any atom is 0.176 e. The Morgan fingerprint density at radius 1 is 1.13 bits per heavy atom. The minimum Gasteiger partial charge on any atom is -0.497 e. The van der Waals surface area contributed by atoms with Crippen LogP contribution in [0, 0.1) is 11.6 Å². The van der Waals surface area contributed by atoms with Gasteiger partial charge in [-0.3, -0.25) is 0 Å². The van der Waals surface area contributed by atoms with Gasteiger partial charge in [0.05, 0.1) is 24.8 Å². The number of benzene rings is 2. The number of hydrogen-bond donors (Lipinski definition) is 1. The highest BCUT2D eigenvalue weighted by Gasteiger charge is 2.22. The van der Waals surface area contributed by atoms with Crippen LogP contribution in [0.3, 0.4) is 0 Å². The lowest BCUT2D eigenvalue weighted by Crippen LogP contribution is -1.93. The van der Waals surface area contributed by atoms with E-state index < -0.39 is 18.2 Å². The molecule has 4 nitrogen and oxygen atoms in total. The fourth-order valence-electron chi connectivity index (χ4n) is 2.32. The SMILES string of the molecule is COc1ccc(-c2noc(-c3cccc(F)c3F)c2CO)cc1. The van der Waals surface area contributed by atoms with E-state index in [0.717, 1.165) is 6.07 Å². The van der Waals surface area contributed by atoms with E-state index in [4.69, 9.17) is 9.26 Å². The summed E-state index contributed by atoms with van der Waals surface area (Å²) in [4.78, 5) is 0. The summed E-state index contributed by atoms with van der Waals surface area (Å²) in [6.07, 6.45) is 0. The van der Waals surface area contributed by atoms with E-state index >= 15 is 0 Å². The van der Waals surface area contributed by atoms with Gasteiger partial charge < -0.3 is 14.4 Å². The van der Waals surface area contributed by atoms with Gasteiger partial charge in [0.2, 0.25) is 0 Å². The molecule has 2 aromatic carbocycles. The monoisotopic (exact) mass is 317 g/mol. The van der Waals surface area contributed by atoms with Crippen molar-refractivity contribution < 1.29 is 23.1 Å². The molecule has 1 N–H and O–H groups in total. The van der Waals surface area contributed by atoms with Crippen LogP contribution < -0.4 is 4.74 Å². The van der Waals surface area contributed by atoms with E-state index in [-0.39, 0.29) is 11.3 Å². The first-order valence-electron chi connectivity index (χ1n) is 6.84. The summed E-state index contributed by atoms with van der Waals surface area (Å²) < 4.78 is 37.6. The standard InChI is InChI=1S/C17H13F2NO3/c1-22-11-7-5-10(6-8-11)16-13(9-21)17(23-20-16)12-3-2-4-14(18)15(12)19/h2-8,21H,9H2,1H3. The molecule has 0 atom stereocenters. The fraction of sp³-hybridized carbons (Fsp3) is 0.118. The van der Waals surface area contributed by atoms with Crippen molar-refractivity contribution in [2.75, 3.05) is 7.11 Å². The number of ether oxygens (including phenoxy) is 1. The summed E-state index contributed by atoms with van der Waals surface area (Å²) in [5.74, 6) is -1.36. The van der Waals surface area contributed by atoms with E-state index in [2.05, 4.69) is 5.16 Å². The van der Waals surface area contributed by atoms with Crippen LogP contribution in [0.1, 0.15) is 5.56 Å². The molecular formula is C17H13F2NO3. The summed E-state index contributed by atoms with van der Waals surface area (Å²) in [6, 6.07) is 10.7. The van der Waals surface area contributed by atoms with Crippen molar-refractivity contribution in [1.29, 1.82) is 0 Å². The van der Waals surface area contributed by atoms with Crippen LogP contribution in [0.5, 0.6) is 5.75 Å². The largest absolute Gasteiger partial charge is 0.497 e. The molecule has 0 aliphatic carbocycles. The summed E-state index contributed by atoms with van der Waals surface area (Å²) in [6.45, 7) is -0.420. The second kappa shape index (κ2) is 6.18. The maximum absolute atomic E-state index is 14.0. The van der Waals surface area contributed by atoms with Crippen molar-refractivity contribution >= 4 is 0 Å². The number of rotatable bonds is 4. The summed E-state index contributed by atoms with van der Waals surface area (Å²) in [5, 5.41) is 13.5. The molecule has 3 rings (SSSR count). The smallest absolute Gasteiger partial charge is 0.176 e. The van der Waals surface area contributed by atoms with E-state index in [1.807, 2.05) is 0 Å². The molecule has 0 fully saturated rings. The van der Waals surface area contributed by atoms with E-state index in [9.17, 15) is 13.9 Å². The molecule has 0 bridgehead atoms. The lowest BCUT2D eigenvalue weighted by Gasteiger charge is -2.04. The minimum absolute atomic E-state index is 0.00955. The Morgan fingerprint density at radius 3 is 2.52 bits per heavy atom. The molecule has 118 valence electrons. The van der Waals surface area contributed by atoms with Crippen molar-refractivity contribution in [2.45, 2.75) is 6.61 Å². The Morgan fingerprint density at radius 2 is 1.87 bits per heavy atom. The van der Waals surface area contributed by atoms with Crippen molar-refractivity contribution in [3.8, 4) is 28.3 Å². The van der Waals surface area contributed by atoms with Crippen LogP contribution in [0.2, 0.25) is 0 Å². The first-order chi connectivity index (χ1) is 11.2. The van der Waals surface area contributed by atoms with Crippen molar-refractivity contribution in [2.24, 2.45) is 0 Å². The number of hydrogen-bond acceptors (Lipinski definition) is 4. The normalized spacial score (nSPS) is 10.8. The molecule has 0 unspecified atom stereocenters. The Balaban J connectivity index is 2.11. The third-order valence-electron chi connectivity index (χ3n) is 3.51. The van der Waals surface area contributed by atoms with Crippen LogP contribution in [0.25, 0.3) is 22.6 Å². The third-order valence-corrected chi connectivity index (χ3v) is 3.51. The number of aliphatic hydroxyl groups excluding tert-OH is 1. The highest BCUT2D eigenvalue weighted by molar-refractivity contribution is 5.73. The second-order valence-corrected chi connectivity index (χ2v) is 4.83. The molecule has 1 heterocycles. The molecule has 0 radical (unpaired) electrons. The summed E-state index contributed by atoms with van der Waals surface area (Å²) in [5.41, 5.74) is 1.25. The van der Waals surface area contributed by atoms with Gasteiger partial charge >= 0.3 is 0 Å². The Labute approximate surface area is 130 Å². The molecule has 0 saturated carbocycles. The number of nitrogens with zero attached hydrogens (tertiary/aromatic N) is 1. The maximum atomic E-state index is 14.0. The summed E-state index contributed by atoms with van der Waals surface area (Å²) in [7, 11) is 1.55. The lowest BCUT2D eigenvalue weighted by molar-refractivity contribution is 0.281. The van der Waals surface area contributed by atoms with Gasteiger partial charge in [-0.25, -0.2) is 8.78 Å². The third kappa shape index (κ3) is 2.68. The predicted molar refractivity (Wildman–Crippen MR) is 79.8 cm³/mol. The van der Waals surface area contributed by atoms with Crippen molar-refractivity contribution in [3.63, 3.8) is 0 Å². The Bertz CT molecular complexity index is 828. The zero-order valence-corrected chi connectivity index (χ0v) is 12.2. The number of aromatic nitrogens is 1. The topological polar surface area (TPSA) is 55.5 Å². The lowest BCUT2D eigenvalue weighted by atomic mass is 10.0. The number of aliphatic hydroxyl groups is 1. The quantitative estimate of drug-likeness (QED) is 0.795. The average Bonchev–Trinajstić information content (AvgIpc) is 3.01. The molecule has 0 amide bonds. The van der Waals surface area contributed by atoms with Gasteiger partial charge in [-0.2, -0.15) is 0 Å². The Hall–Kier alpha value is -2.73. The van der Waals surface area contributed by atoms with Gasteiger partial charge in [-0.15, -0.1) is 0 Å². The fourth-order valence-corrected chi connectivity index (χ4v) is 2.32. The predicted octanol–water partition coefficient (Wildman–Crippen LogP) is 3.79. The van der Waals surface area contributed by atoms with Gasteiger partial charge in [0.15, 0.2) is 17.4 Å². The molecule has 6 heteroatoms. The average molecular weight is 317 g/mol. The molecule has 0 aliphatic heterocycles. The highest BCUT2D eigenvalue weighted by atomic mass is 19.2. The van der Waals surface area contributed by atoms with E-state index in [1.165, 1.54) is 12.1 Å². The van der Waals surface area contributed by atoms with Crippen LogP contribution in [-0.4, -0.2) is 17.4 Å². The molecule has 0 spiro atoms. The van der Waals surface area contributed by atoms with Crippen molar-refractivity contribution in [1.82, 2.24) is 5.16 Å². The highest BCUT2D eigenvalue weighted by Crippen LogP contribution is 2.34. The molecule has 1 aromatic heterocycles. The number of methoxy groups -OCH3 is 1. The zero-order chi connectivity index (χ0) is 16.4. The van der Waals surface area contributed by atoms with Gasteiger partial charge in [-0.05, 0) is 36.4 Å². The summed E-state index contributed by atoms with van der Waals surface area (Å²) >= 11 is 0.